The summed E-state index contributed by atoms with van der Waals surface area (Å²) in [6.45, 7) is 4.69. The first-order valence-electron chi connectivity index (χ1n) is 18.2. The van der Waals surface area contributed by atoms with E-state index < -0.39 is 12.1 Å². The van der Waals surface area contributed by atoms with Gasteiger partial charge in [-0.25, -0.2) is 0 Å². The number of hydrogen-bond donors (Lipinski definition) is 2. The normalized spacial score (nSPS) is 13.0. The predicted octanol–water partition coefficient (Wildman–Crippen LogP) is 11.0. The first kappa shape index (κ1) is 39.4. The Labute approximate surface area is 251 Å². The van der Waals surface area contributed by atoms with E-state index in [-0.39, 0.29) is 12.6 Å². The number of aliphatic hydroxyl groups excluding tert-OH is 1. The van der Waals surface area contributed by atoms with E-state index in [2.05, 4.69) is 13.8 Å². The van der Waals surface area contributed by atoms with E-state index in [1.54, 1.807) is 0 Å². The van der Waals surface area contributed by atoms with E-state index in [0.717, 1.165) is 25.7 Å². The van der Waals surface area contributed by atoms with Gasteiger partial charge in [-0.15, -0.1) is 0 Å². The quantitative estimate of drug-likeness (QED) is 0.0611. The van der Waals surface area contributed by atoms with Gasteiger partial charge in [0.1, 0.15) is 6.61 Å². The molecule has 0 saturated carbocycles. The lowest BCUT2D eigenvalue weighted by Gasteiger charge is -2.18. The maximum Gasteiger partial charge on any atom is 0.305 e. The highest BCUT2D eigenvalue weighted by Gasteiger charge is 2.16. The standard InChI is InChI=1S/C36H73NO3/c1-3-5-7-9-11-13-15-17-18-20-22-24-26-28-30-32-36(39)40-33-34(37)35(38)31-29-27-25-23-21-19-16-14-12-10-8-6-4-2/h34-35,38H,3-33,37H2,1-2H3. The Balaban J connectivity index is 3.39. The van der Waals surface area contributed by atoms with E-state index in [1.165, 1.54) is 154 Å². The van der Waals surface area contributed by atoms with Crippen LogP contribution in [0.3, 0.4) is 0 Å². The van der Waals surface area contributed by atoms with Crippen LogP contribution in [0.4, 0.5) is 0 Å². The van der Waals surface area contributed by atoms with Crippen LogP contribution in [0.1, 0.15) is 206 Å². The van der Waals surface area contributed by atoms with Crippen molar-refractivity contribution < 1.29 is 14.6 Å². The van der Waals surface area contributed by atoms with Crippen molar-refractivity contribution in [3.63, 3.8) is 0 Å². The molecule has 4 nitrogen and oxygen atoms in total. The number of esters is 1. The van der Waals surface area contributed by atoms with Crippen LogP contribution in [0.25, 0.3) is 0 Å². The topological polar surface area (TPSA) is 72.5 Å². The van der Waals surface area contributed by atoms with Gasteiger partial charge in [0.2, 0.25) is 0 Å². The fourth-order valence-electron chi connectivity index (χ4n) is 5.60. The van der Waals surface area contributed by atoms with Crippen molar-refractivity contribution in [2.45, 2.75) is 219 Å². The summed E-state index contributed by atoms with van der Waals surface area (Å²) in [6.07, 6.45) is 37.5. The monoisotopic (exact) mass is 568 g/mol. The smallest absolute Gasteiger partial charge is 0.305 e. The van der Waals surface area contributed by atoms with Crippen LogP contribution in [0.15, 0.2) is 0 Å². The molecule has 0 aliphatic heterocycles. The average molecular weight is 568 g/mol. The minimum absolute atomic E-state index is 0.136. The molecule has 0 aliphatic carbocycles. The lowest BCUT2D eigenvalue weighted by molar-refractivity contribution is -0.145. The molecular weight excluding hydrogens is 494 g/mol. The zero-order valence-corrected chi connectivity index (χ0v) is 27.4. The molecular formula is C36H73NO3. The Morgan fingerprint density at radius 2 is 0.825 bits per heavy atom. The summed E-state index contributed by atoms with van der Waals surface area (Å²) in [5.41, 5.74) is 6.07. The molecule has 2 atom stereocenters. The molecule has 0 saturated heterocycles. The Morgan fingerprint density at radius 1 is 0.525 bits per heavy atom. The molecule has 2 unspecified atom stereocenters. The summed E-state index contributed by atoms with van der Waals surface area (Å²) >= 11 is 0. The van der Waals surface area contributed by atoms with Crippen molar-refractivity contribution in [2.24, 2.45) is 5.73 Å². The van der Waals surface area contributed by atoms with E-state index in [4.69, 9.17) is 10.5 Å². The minimum Gasteiger partial charge on any atom is -0.464 e. The molecule has 0 rings (SSSR count). The molecule has 0 fully saturated rings. The first-order chi connectivity index (χ1) is 19.6. The highest BCUT2D eigenvalue weighted by atomic mass is 16.5. The zero-order chi connectivity index (χ0) is 29.4. The van der Waals surface area contributed by atoms with Crippen LogP contribution < -0.4 is 5.73 Å². The summed E-state index contributed by atoms with van der Waals surface area (Å²) in [5.74, 6) is -0.168. The van der Waals surface area contributed by atoms with Gasteiger partial charge in [0, 0.05) is 6.42 Å². The molecule has 0 aromatic rings. The number of nitrogens with two attached hydrogens (primary N) is 1. The summed E-state index contributed by atoms with van der Waals surface area (Å²) in [5, 5.41) is 10.3. The van der Waals surface area contributed by atoms with Crippen molar-refractivity contribution in [3.8, 4) is 0 Å². The number of rotatable bonds is 33. The molecule has 0 spiro atoms. The Kier molecular flexibility index (Phi) is 32.4. The second kappa shape index (κ2) is 32.9. The number of ether oxygens (including phenoxy) is 1. The highest BCUT2D eigenvalue weighted by Crippen LogP contribution is 2.15. The molecule has 0 amide bonds. The van der Waals surface area contributed by atoms with E-state index in [0.29, 0.717) is 12.8 Å². The third kappa shape index (κ3) is 30.4. The van der Waals surface area contributed by atoms with Crippen LogP contribution in [0.2, 0.25) is 0 Å². The molecule has 0 aliphatic rings. The van der Waals surface area contributed by atoms with Crippen molar-refractivity contribution in [1.29, 1.82) is 0 Å². The SMILES string of the molecule is CCCCCCCCCCCCCCCCCC(=O)OCC(N)C(O)CCCCCCCCCCCCCCC. The van der Waals surface area contributed by atoms with Crippen LogP contribution in [-0.2, 0) is 9.53 Å². The van der Waals surface area contributed by atoms with Gasteiger partial charge in [-0.2, -0.15) is 0 Å². The summed E-state index contributed by atoms with van der Waals surface area (Å²) in [4.78, 5) is 12.0. The van der Waals surface area contributed by atoms with E-state index in [1.807, 2.05) is 0 Å². The van der Waals surface area contributed by atoms with Gasteiger partial charge in [-0.3, -0.25) is 4.79 Å². The van der Waals surface area contributed by atoms with Gasteiger partial charge < -0.3 is 15.6 Å². The average Bonchev–Trinajstić information content (AvgIpc) is 2.96. The van der Waals surface area contributed by atoms with Crippen LogP contribution in [0.5, 0.6) is 0 Å². The third-order valence-corrected chi connectivity index (χ3v) is 8.52. The molecule has 0 radical (unpaired) electrons. The Bertz CT molecular complexity index is 498. The molecule has 3 N–H and O–H groups in total. The van der Waals surface area contributed by atoms with Gasteiger partial charge in [0.05, 0.1) is 12.1 Å². The van der Waals surface area contributed by atoms with E-state index in [9.17, 15) is 9.90 Å². The lowest BCUT2D eigenvalue weighted by Crippen LogP contribution is -2.39. The lowest BCUT2D eigenvalue weighted by atomic mass is 10.0. The van der Waals surface area contributed by atoms with Crippen LogP contribution in [0, 0.1) is 0 Å². The third-order valence-electron chi connectivity index (χ3n) is 8.52. The highest BCUT2D eigenvalue weighted by molar-refractivity contribution is 5.69. The predicted molar refractivity (Wildman–Crippen MR) is 175 cm³/mol. The van der Waals surface area contributed by atoms with Crippen molar-refractivity contribution in [2.75, 3.05) is 6.61 Å². The van der Waals surface area contributed by atoms with Crippen molar-refractivity contribution >= 4 is 5.97 Å². The van der Waals surface area contributed by atoms with Crippen LogP contribution in [-0.4, -0.2) is 29.8 Å². The number of carbonyl (C=O) groups is 1. The largest absolute Gasteiger partial charge is 0.464 e. The van der Waals surface area contributed by atoms with Gasteiger partial charge >= 0.3 is 5.97 Å². The zero-order valence-electron chi connectivity index (χ0n) is 27.4. The van der Waals surface area contributed by atoms with Gasteiger partial charge in [0.25, 0.3) is 0 Å². The van der Waals surface area contributed by atoms with Crippen molar-refractivity contribution in [3.05, 3.63) is 0 Å². The Morgan fingerprint density at radius 3 is 1.18 bits per heavy atom. The van der Waals surface area contributed by atoms with Gasteiger partial charge in [-0.1, -0.05) is 187 Å². The molecule has 240 valence electrons. The molecule has 0 aromatic heterocycles. The van der Waals surface area contributed by atoms with Gasteiger partial charge in [0.15, 0.2) is 0 Å². The fourth-order valence-corrected chi connectivity index (χ4v) is 5.60. The number of aliphatic hydroxyl groups is 1. The van der Waals surface area contributed by atoms with Crippen molar-refractivity contribution in [1.82, 2.24) is 0 Å². The number of carbonyl (C=O) groups excluding carboxylic acids is 1. The summed E-state index contributed by atoms with van der Waals surface area (Å²) in [7, 11) is 0. The molecule has 4 heteroatoms. The Hall–Kier alpha value is -0.610. The second-order valence-corrected chi connectivity index (χ2v) is 12.6. The second-order valence-electron chi connectivity index (χ2n) is 12.6. The minimum atomic E-state index is -0.577. The molecule has 0 bridgehead atoms. The maximum absolute atomic E-state index is 12.0. The fraction of sp³-hybridized carbons (Fsp3) is 0.972. The summed E-state index contributed by atoms with van der Waals surface area (Å²) in [6, 6.07) is -0.470. The molecule has 40 heavy (non-hydrogen) atoms. The summed E-state index contributed by atoms with van der Waals surface area (Å²) < 4.78 is 5.34. The van der Waals surface area contributed by atoms with Gasteiger partial charge in [-0.05, 0) is 12.8 Å². The van der Waals surface area contributed by atoms with E-state index >= 15 is 0 Å². The first-order valence-corrected chi connectivity index (χ1v) is 18.2. The number of unbranched alkanes of at least 4 members (excludes halogenated alkanes) is 26. The van der Waals surface area contributed by atoms with Crippen LogP contribution >= 0.6 is 0 Å². The molecule has 0 aromatic carbocycles. The maximum atomic E-state index is 12.0. The number of hydrogen-bond acceptors (Lipinski definition) is 4. The molecule has 0 heterocycles.